The maximum absolute atomic E-state index is 9.08. The number of halogens is 1. The molecule has 0 radical (unpaired) electrons. The number of hydrogen-bond donors (Lipinski definition) is 0. The van der Waals surface area contributed by atoms with Crippen LogP contribution in [0.2, 0.25) is 19.6 Å². The van der Waals surface area contributed by atoms with Gasteiger partial charge >= 0.3 is 0 Å². The summed E-state index contributed by atoms with van der Waals surface area (Å²) in [5.74, 6) is 0. The van der Waals surface area contributed by atoms with E-state index in [1.165, 1.54) is 5.19 Å². The molecule has 0 atom stereocenters. The molecule has 0 spiro atoms. The van der Waals surface area contributed by atoms with Crippen LogP contribution in [0.15, 0.2) is 78.9 Å². The maximum atomic E-state index is 9.08. The van der Waals surface area contributed by atoms with Crippen molar-refractivity contribution in [2.24, 2.45) is 0 Å². The Morgan fingerprint density at radius 3 is 1.78 bits per heavy atom. The van der Waals surface area contributed by atoms with Gasteiger partial charge in [0.1, 0.15) is 0 Å². The summed E-state index contributed by atoms with van der Waals surface area (Å²) in [7, 11) is -1.35. The normalized spacial score (nSPS) is 12.3. The fraction of sp³-hybridized carbons (Fsp3) is 0.125. The molecule has 134 valence electrons. The van der Waals surface area contributed by atoms with E-state index >= 15 is 0 Å². The van der Waals surface area contributed by atoms with Crippen LogP contribution >= 0.6 is 11.6 Å². The van der Waals surface area contributed by atoms with E-state index in [9.17, 15) is 0 Å². The summed E-state index contributed by atoms with van der Waals surface area (Å²) in [5.41, 5.74) is 4.67. The van der Waals surface area contributed by atoms with Crippen LogP contribution in [0.1, 0.15) is 22.3 Å². The summed E-state index contributed by atoms with van der Waals surface area (Å²) < 4.78 is 0. The highest BCUT2D eigenvalue weighted by Gasteiger charge is 2.17. The van der Waals surface area contributed by atoms with Gasteiger partial charge in [-0.2, -0.15) is 5.26 Å². The smallest absolute Gasteiger partial charge is 0.0991 e. The van der Waals surface area contributed by atoms with E-state index in [-0.39, 0.29) is 0 Å². The number of rotatable bonds is 4. The third-order valence-electron chi connectivity index (χ3n) is 4.59. The van der Waals surface area contributed by atoms with Crippen LogP contribution in [0.3, 0.4) is 0 Å². The molecule has 3 aromatic rings. The van der Waals surface area contributed by atoms with Gasteiger partial charge in [0.15, 0.2) is 0 Å². The van der Waals surface area contributed by atoms with Gasteiger partial charge in [-0.1, -0.05) is 103 Å². The highest BCUT2D eigenvalue weighted by atomic mass is 35.5. The molecule has 0 saturated carbocycles. The monoisotopic (exact) mass is 387 g/mol. The molecular weight excluding hydrogens is 366 g/mol. The van der Waals surface area contributed by atoms with E-state index < -0.39 is 8.07 Å². The molecule has 3 heteroatoms. The molecule has 0 aliphatic heterocycles. The Bertz CT molecular complexity index is 989. The van der Waals surface area contributed by atoms with Crippen molar-refractivity contribution >= 4 is 35.5 Å². The van der Waals surface area contributed by atoms with E-state index in [0.717, 1.165) is 22.3 Å². The third kappa shape index (κ3) is 4.39. The van der Waals surface area contributed by atoms with Crippen molar-refractivity contribution in [1.29, 1.82) is 5.26 Å². The number of nitrogens with zero attached hydrogens (tertiary/aromatic N) is 1. The van der Waals surface area contributed by atoms with Gasteiger partial charge in [-0.05, 0) is 28.8 Å². The van der Waals surface area contributed by atoms with E-state index in [0.29, 0.717) is 10.6 Å². The fourth-order valence-electron chi connectivity index (χ4n) is 3.00. The average Bonchev–Trinajstić information content (AvgIpc) is 2.69. The first-order valence-corrected chi connectivity index (χ1v) is 12.8. The molecule has 0 bridgehead atoms. The van der Waals surface area contributed by atoms with Crippen LogP contribution in [0.4, 0.5) is 0 Å². The van der Waals surface area contributed by atoms with Gasteiger partial charge in [0.2, 0.25) is 0 Å². The van der Waals surface area contributed by atoms with Gasteiger partial charge in [0.05, 0.1) is 24.7 Å². The molecule has 0 amide bonds. The van der Waals surface area contributed by atoms with Crippen LogP contribution in [0, 0.1) is 11.3 Å². The van der Waals surface area contributed by atoms with Gasteiger partial charge in [-0.3, -0.25) is 0 Å². The Morgan fingerprint density at radius 1 is 0.741 bits per heavy atom. The molecule has 27 heavy (non-hydrogen) atoms. The molecule has 0 aliphatic carbocycles. The summed E-state index contributed by atoms with van der Waals surface area (Å²) in [6.07, 6.45) is 0. The quantitative estimate of drug-likeness (QED) is 0.383. The highest BCUT2D eigenvalue weighted by Crippen LogP contribution is 2.34. The second kappa shape index (κ2) is 7.96. The molecule has 0 aliphatic rings. The predicted molar refractivity (Wildman–Crippen MR) is 119 cm³/mol. The minimum atomic E-state index is -1.35. The van der Waals surface area contributed by atoms with Crippen LogP contribution in [-0.4, -0.2) is 8.07 Å². The summed E-state index contributed by atoms with van der Waals surface area (Å²) >= 11 is 6.91. The lowest BCUT2D eigenvalue weighted by Gasteiger charge is -2.17. The first kappa shape index (κ1) is 19.2. The van der Waals surface area contributed by atoms with E-state index in [1.54, 1.807) is 0 Å². The second-order valence-corrected chi connectivity index (χ2v) is 13.0. The zero-order valence-electron chi connectivity index (χ0n) is 15.8. The van der Waals surface area contributed by atoms with E-state index in [4.69, 9.17) is 16.9 Å². The zero-order valence-corrected chi connectivity index (χ0v) is 17.6. The highest BCUT2D eigenvalue weighted by molar-refractivity contribution is 6.88. The Kier molecular flexibility index (Phi) is 5.65. The van der Waals surface area contributed by atoms with Crippen molar-refractivity contribution in [3.05, 3.63) is 101 Å². The molecule has 0 heterocycles. The SMILES string of the molecule is C[Si](C)(C)c1ccc(/C(Cl)=C(\c2ccccc2)c2ccc(C#N)cc2)cc1. The number of hydrogen-bond acceptors (Lipinski definition) is 1. The Morgan fingerprint density at radius 2 is 1.26 bits per heavy atom. The van der Waals surface area contributed by atoms with Crippen molar-refractivity contribution in [2.45, 2.75) is 19.6 Å². The molecule has 0 N–H and O–H groups in total. The lowest BCUT2D eigenvalue weighted by Crippen LogP contribution is -2.37. The molecule has 0 saturated heterocycles. The van der Waals surface area contributed by atoms with Gasteiger partial charge in [-0.25, -0.2) is 0 Å². The van der Waals surface area contributed by atoms with Crippen molar-refractivity contribution in [3.63, 3.8) is 0 Å². The first-order chi connectivity index (χ1) is 12.9. The summed E-state index contributed by atoms with van der Waals surface area (Å²) in [6.45, 7) is 7.02. The Labute approximate surface area is 167 Å². The lowest BCUT2D eigenvalue weighted by molar-refractivity contribution is 1.47. The Hall–Kier alpha value is -2.60. The van der Waals surface area contributed by atoms with E-state index in [1.807, 2.05) is 42.5 Å². The minimum absolute atomic E-state index is 0.641. The van der Waals surface area contributed by atoms with Crippen LogP contribution in [0.5, 0.6) is 0 Å². The van der Waals surface area contributed by atoms with Gasteiger partial charge in [-0.15, -0.1) is 0 Å². The molecule has 0 fully saturated rings. The van der Waals surface area contributed by atoms with Crippen molar-refractivity contribution in [1.82, 2.24) is 0 Å². The van der Waals surface area contributed by atoms with Crippen LogP contribution < -0.4 is 5.19 Å². The molecule has 3 rings (SSSR count). The molecule has 0 aromatic heterocycles. The lowest BCUT2D eigenvalue weighted by atomic mass is 9.95. The molecule has 3 aromatic carbocycles. The number of nitriles is 1. The predicted octanol–water partition coefficient (Wildman–Crippen LogP) is 6.26. The standard InChI is InChI=1S/C24H22ClNSi/c1-27(2,3)22-15-13-21(14-16-22)24(25)23(19-7-5-4-6-8-19)20-11-9-18(17-26)10-12-20/h4-16H,1-3H3/b24-23-. The Balaban J connectivity index is 2.15. The molecule has 0 unspecified atom stereocenters. The average molecular weight is 388 g/mol. The van der Waals surface area contributed by atoms with Crippen LogP contribution in [-0.2, 0) is 0 Å². The van der Waals surface area contributed by atoms with Crippen molar-refractivity contribution < 1.29 is 0 Å². The van der Waals surface area contributed by atoms with Crippen molar-refractivity contribution in [2.75, 3.05) is 0 Å². The number of benzene rings is 3. The summed E-state index contributed by atoms with van der Waals surface area (Å²) in [5, 5.41) is 11.2. The van der Waals surface area contributed by atoms with Crippen molar-refractivity contribution in [3.8, 4) is 6.07 Å². The third-order valence-corrected chi connectivity index (χ3v) is 7.06. The molecular formula is C24H22ClNSi. The zero-order chi connectivity index (χ0) is 19.4. The first-order valence-electron chi connectivity index (χ1n) is 8.97. The fourth-order valence-corrected chi connectivity index (χ4v) is 4.51. The minimum Gasteiger partial charge on any atom is -0.192 e. The maximum Gasteiger partial charge on any atom is 0.0991 e. The van der Waals surface area contributed by atoms with Gasteiger partial charge in [0.25, 0.3) is 0 Å². The van der Waals surface area contributed by atoms with Crippen LogP contribution in [0.25, 0.3) is 10.6 Å². The van der Waals surface area contributed by atoms with E-state index in [2.05, 4.69) is 62.1 Å². The largest absolute Gasteiger partial charge is 0.192 e. The second-order valence-electron chi connectivity index (χ2n) is 7.57. The molecule has 1 nitrogen and oxygen atoms in total. The van der Waals surface area contributed by atoms with Gasteiger partial charge < -0.3 is 0 Å². The summed E-state index contributed by atoms with van der Waals surface area (Å²) in [6, 6.07) is 28.5. The summed E-state index contributed by atoms with van der Waals surface area (Å²) in [4.78, 5) is 0. The topological polar surface area (TPSA) is 23.8 Å². The van der Waals surface area contributed by atoms with Gasteiger partial charge in [0, 0.05) is 5.57 Å².